The third-order valence-electron chi connectivity index (χ3n) is 2.22. The number of halogens is 3. The van der Waals surface area contributed by atoms with E-state index in [2.05, 4.69) is 9.97 Å². The number of pyridine rings is 1. The fourth-order valence-corrected chi connectivity index (χ4v) is 2.26. The highest BCUT2D eigenvalue weighted by molar-refractivity contribution is 7.17. The number of rotatable bonds is 2. The molecule has 0 aromatic carbocycles. The van der Waals surface area contributed by atoms with Crippen LogP contribution in [0.3, 0.4) is 0 Å². The van der Waals surface area contributed by atoms with E-state index in [0.29, 0.717) is 11.3 Å². The first-order valence-corrected chi connectivity index (χ1v) is 5.85. The minimum atomic E-state index is -4.80. The standard InChI is InChI=1S/C11H7F3N2O2S/c1-5-2-3-6(15-4-5)9-16-8(11(12,13)14)7(19-9)10(17)18/h2-4H,1H3,(H,17,18). The molecule has 2 heterocycles. The number of carboxylic acids is 1. The first kappa shape index (κ1) is 13.5. The highest BCUT2D eigenvalue weighted by Gasteiger charge is 2.39. The van der Waals surface area contributed by atoms with E-state index in [4.69, 9.17) is 5.11 Å². The van der Waals surface area contributed by atoms with E-state index in [1.54, 1.807) is 13.0 Å². The highest BCUT2D eigenvalue weighted by Crippen LogP contribution is 2.37. The fraction of sp³-hybridized carbons (Fsp3) is 0.182. The van der Waals surface area contributed by atoms with Crippen LogP contribution in [0.25, 0.3) is 10.7 Å². The summed E-state index contributed by atoms with van der Waals surface area (Å²) in [6.07, 6.45) is -3.32. The monoisotopic (exact) mass is 288 g/mol. The average Bonchev–Trinajstić information content (AvgIpc) is 2.74. The number of hydrogen-bond donors (Lipinski definition) is 1. The largest absolute Gasteiger partial charge is 0.477 e. The van der Waals surface area contributed by atoms with Crippen molar-refractivity contribution in [3.63, 3.8) is 0 Å². The van der Waals surface area contributed by atoms with Gasteiger partial charge in [0.05, 0.1) is 5.69 Å². The first-order valence-electron chi connectivity index (χ1n) is 5.03. The summed E-state index contributed by atoms with van der Waals surface area (Å²) in [6, 6.07) is 3.16. The number of nitrogens with zero attached hydrogens (tertiary/aromatic N) is 2. The second kappa shape index (κ2) is 4.61. The topological polar surface area (TPSA) is 63.1 Å². The molecule has 0 saturated heterocycles. The van der Waals surface area contributed by atoms with Crippen molar-refractivity contribution in [2.24, 2.45) is 0 Å². The van der Waals surface area contributed by atoms with Crippen LogP contribution in [-0.2, 0) is 6.18 Å². The van der Waals surface area contributed by atoms with Crippen LogP contribution in [0.2, 0.25) is 0 Å². The maximum absolute atomic E-state index is 12.7. The summed E-state index contributed by atoms with van der Waals surface area (Å²) in [5.41, 5.74) is -0.328. The van der Waals surface area contributed by atoms with Crippen molar-refractivity contribution in [1.29, 1.82) is 0 Å². The molecule has 2 aromatic rings. The Labute approximate surface area is 109 Å². The molecule has 2 aromatic heterocycles. The number of alkyl halides is 3. The molecule has 0 radical (unpaired) electrons. The second-order valence-corrected chi connectivity index (χ2v) is 4.72. The molecule has 0 atom stereocenters. The minimum absolute atomic E-state index is 0.0651. The van der Waals surface area contributed by atoms with Crippen LogP contribution in [0, 0.1) is 6.92 Å². The van der Waals surface area contributed by atoms with Crippen LogP contribution < -0.4 is 0 Å². The van der Waals surface area contributed by atoms with Crippen molar-refractivity contribution >= 4 is 17.3 Å². The maximum Gasteiger partial charge on any atom is 0.435 e. The number of thiazole rings is 1. The summed E-state index contributed by atoms with van der Waals surface area (Å²) in [6.45, 7) is 1.78. The molecule has 4 nitrogen and oxygen atoms in total. The van der Waals surface area contributed by atoms with Crippen molar-refractivity contribution in [1.82, 2.24) is 9.97 Å². The Hall–Kier alpha value is -1.96. The molecule has 2 rings (SSSR count). The van der Waals surface area contributed by atoms with Gasteiger partial charge in [-0.1, -0.05) is 6.07 Å². The molecule has 0 unspecified atom stereocenters. The Kier molecular flexibility index (Phi) is 3.27. The van der Waals surface area contributed by atoms with Gasteiger partial charge in [-0.3, -0.25) is 4.98 Å². The van der Waals surface area contributed by atoms with Gasteiger partial charge in [0.15, 0.2) is 5.69 Å². The lowest BCUT2D eigenvalue weighted by Crippen LogP contribution is -2.11. The number of hydrogen-bond acceptors (Lipinski definition) is 4. The summed E-state index contributed by atoms with van der Waals surface area (Å²) in [7, 11) is 0. The van der Waals surface area contributed by atoms with E-state index in [1.165, 1.54) is 12.3 Å². The molecule has 1 N–H and O–H groups in total. The van der Waals surface area contributed by atoms with E-state index in [9.17, 15) is 18.0 Å². The van der Waals surface area contributed by atoms with Crippen molar-refractivity contribution in [2.75, 3.05) is 0 Å². The van der Waals surface area contributed by atoms with Crippen LogP contribution in [-0.4, -0.2) is 21.0 Å². The van der Waals surface area contributed by atoms with E-state index < -0.39 is 22.7 Å². The predicted octanol–water partition coefficient (Wildman–Crippen LogP) is 3.23. The molecular formula is C11H7F3N2O2S. The van der Waals surface area contributed by atoms with Gasteiger partial charge in [-0.25, -0.2) is 9.78 Å². The molecular weight excluding hydrogens is 281 g/mol. The van der Waals surface area contributed by atoms with Crippen LogP contribution in [0.4, 0.5) is 13.2 Å². The van der Waals surface area contributed by atoms with Crippen molar-refractivity contribution in [2.45, 2.75) is 13.1 Å². The summed E-state index contributed by atoms with van der Waals surface area (Å²) in [5, 5.41) is 8.72. The van der Waals surface area contributed by atoms with Gasteiger partial charge in [-0.15, -0.1) is 11.3 Å². The molecule has 0 aliphatic rings. The molecule has 0 spiro atoms. The molecule has 19 heavy (non-hydrogen) atoms. The lowest BCUT2D eigenvalue weighted by molar-refractivity contribution is -0.141. The zero-order valence-electron chi connectivity index (χ0n) is 9.52. The molecule has 100 valence electrons. The van der Waals surface area contributed by atoms with E-state index in [0.717, 1.165) is 5.56 Å². The molecule has 0 saturated carbocycles. The van der Waals surface area contributed by atoms with E-state index in [-0.39, 0.29) is 10.7 Å². The molecule has 0 bridgehead atoms. The molecule has 0 amide bonds. The summed E-state index contributed by atoms with van der Waals surface area (Å²) < 4.78 is 38.0. The SMILES string of the molecule is Cc1ccc(-c2nc(C(F)(F)F)c(C(=O)O)s2)nc1. The first-order chi connectivity index (χ1) is 8.79. The lowest BCUT2D eigenvalue weighted by atomic mass is 10.3. The van der Waals surface area contributed by atoms with E-state index in [1.807, 2.05) is 0 Å². The van der Waals surface area contributed by atoms with Gasteiger partial charge in [0.2, 0.25) is 0 Å². The van der Waals surface area contributed by atoms with Crippen LogP contribution in [0.5, 0.6) is 0 Å². The molecule has 8 heteroatoms. The van der Waals surface area contributed by atoms with Crippen molar-refractivity contribution < 1.29 is 23.1 Å². The van der Waals surface area contributed by atoms with Crippen LogP contribution in [0.15, 0.2) is 18.3 Å². The number of aromatic nitrogens is 2. The van der Waals surface area contributed by atoms with Crippen molar-refractivity contribution in [3.8, 4) is 10.7 Å². The van der Waals surface area contributed by atoms with Gasteiger partial charge in [0.25, 0.3) is 0 Å². The Morgan fingerprint density at radius 1 is 1.37 bits per heavy atom. The zero-order valence-corrected chi connectivity index (χ0v) is 10.3. The van der Waals surface area contributed by atoms with Crippen molar-refractivity contribution in [3.05, 3.63) is 34.5 Å². The second-order valence-electron chi connectivity index (χ2n) is 3.72. The summed E-state index contributed by atoms with van der Waals surface area (Å²) in [4.78, 5) is 17.3. The summed E-state index contributed by atoms with van der Waals surface area (Å²) in [5.74, 6) is -1.65. The van der Waals surface area contributed by atoms with Gasteiger partial charge in [0.1, 0.15) is 9.88 Å². The summed E-state index contributed by atoms with van der Waals surface area (Å²) >= 11 is 0.460. The number of carbonyl (C=O) groups is 1. The van der Waals surface area contributed by atoms with Crippen LogP contribution >= 0.6 is 11.3 Å². The average molecular weight is 288 g/mol. The van der Waals surface area contributed by atoms with Gasteiger partial charge < -0.3 is 5.11 Å². The predicted molar refractivity (Wildman–Crippen MR) is 62.0 cm³/mol. The van der Waals surface area contributed by atoms with Gasteiger partial charge in [-0.05, 0) is 18.6 Å². The third kappa shape index (κ3) is 2.73. The number of aryl methyl sites for hydroxylation is 1. The third-order valence-corrected chi connectivity index (χ3v) is 3.29. The quantitative estimate of drug-likeness (QED) is 0.921. The minimum Gasteiger partial charge on any atom is -0.477 e. The highest BCUT2D eigenvalue weighted by atomic mass is 32.1. The Balaban J connectivity index is 2.55. The number of carboxylic acid groups (broad SMARTS) is 1. The lowest BCUT2D eigenvalue weighted by Gasteiger charge is -2.02. The Bertz CT molecular complexity index is 620. The number of aromatic carboxylic acids is 1. The van der Waals surface area contributed by atoms with Gasteiger partial charge >= 0.3 is 12.1 Å². The Morgan fingerprint density at radius 3 is 2.47 bits per heavy atom. The smallest absolute Gasteiger partial charge is 0.435 e. The van der Waals surface area contributed by atoms with Gasteiger partial charge in [0, 0.05) is 6.20 Å². The molecule has 0 aliphatic heterocycles. The molecule has 0 fully saturated rings. The molecule has 0 aliphatic carbocycles. The fourth-order valence-electron chi connectivity index (χ4n) is 1.36. The van der Waals surface area contributed by atoms with Crippen LogP contribution in [0.1, 0.15) is 20.9 Å². The normalized spacial score (nSPS) is 11.6. The maximum atomic E-state index is 12.7. The Morgan fingerprint density at radius 2 is 2.05 bits per heavy atom. The van der Waals surface area contributed by atoms with E-state index >= 15 is 0 Å². The van der Waals surface area contributed by atoms with Gasteiger partial charge in [-0.2, -0.15) is 13.2 Å². The zero-order chi connectivity index (χ0) is 14.2.